The molecule has 0 saturated heterocycles. The van der Waals surface area contributed by atoms with Crippen molar-refractivity contribution in [3.05, 3.63) is 33.9 Å². The number of anilines is 1. The molecule has 0 heterocycles. The SMILES string of the molecule is CC(C)C1CCCCC1Nc1ccc([N+](=O)[O-])cc1C#N. The van der Waals surface area contributed by atoms with Gasteiger partial charge in [-0.2, -0.15) is 5.26 Å². The average molecular weight is 287 g/mol. The minimum Gasteiger partial charge on any atom is -0.381 e. The summed E-state index contributed by atoms with van der Waals surface area (Å²) in [5, 5.41) is 23.5. The zero-order valence-electron chi connectivity index (χ0n) is 12.5. The van der Waals surface area contributed by atoms with E-state index in [1.54, 1.807) is 6.07 Å². The first kappa shape index (κ1) is 15.3. The predicted molar refractivity (Wildman–Crippen MR) is 82.0 cm³/mol. The number of hydrogen-bond donors (Lipinski definition) is 1. The first-order chi connectivity index (χ1) is 10.0. The molecule has 2 unspecified atom stereocenters. The molecular formula is C16H21N3O2. The minimum absolute atomic E-state index is 0.0406. The Labute approximate surface area is 125 Å². The monoisotopic (exact) mass is 287 g/mol. The molecule has 0 amide bonds. The Hall–Kier alpha value is -2.09. The molecule has 21 heavy (non-hydrogen) atoms. The normalized spacial score (nSPS) is 21.8. The fourth-order valence-corrected chi connectivity index (χ4v) is 3.20. The summed E-state index contributed by atoms with van der Waals surface area (Å²) in [6.07, 6.45) is 4.73. The molecule has 2 rings (SSSR count). The van der Waals surface area contributed by atoms with E-state index in [0.717, 1.165) is 6.42 Å². The van der Waals surface area contributed by atoms with Crippen molar-refractivity contribution in [1.29, 1.82) is 5.26 Å². The van der Waals surface area contributed by atoms with E-state index in [0.29, 0.717) is 29.1 Å². The first-order valence-corrected chi connectivity index (χ1v) is 7.48. The van der Waals surface area contributed by atoms with Crippen molar-refractivity contribution in [1.82, 2.24) is 0 Å². The maximum absolute atomic E-state index is 10.8. The van der Waals surface area contributed by atoms with Crippen molar-refractivity contribution in [3.8, 4) is 6.07 Å². The smallest absolute Gasteiger partial charge is 0.270 e. The number of non-ortho nitro benzene ring substituents is 1. The number of rotatable bonds is 4. The molecule has 0 aromatic heterocycles. The Morgan fingerprint density at radius 3 is 2.71 bits per heavy atom. The van der Waals surface area contributed by atoms with Crippen LogP contribution in [0.4, 0.5) is 11.4 Å². The van der Waals surface area contributed by atoms with Gasteiger partial charge in [0.1, 0.15) is 6.07 Å². The van der Waals surface area contributed by atoms with E-state index in [1.165, 1.54) is 31.4 Å². The largest absolute Gasteiger partial charge is 0.381 e. The summed E-state index contributed by atoms with van der Waals surface area (Å²) < 4.78 is 0. The molecule has 5 heteroatoms. The molecule has 0 aliphatic heterocycles. The summed E-state index contributed by atoms with van der Waals surface area (Å²) in [5.41, 5.74) is 1.01. The highest BCUT2D eigenvalue weighted by molar-refractivity contribution is 5.61. The van der Waals surface area contributed by atoms with Crippen LogP contribution < -0.4 is 5.32 Å². The van der Waals surface area contributed by atoms with E-state index in [4.69, 9.17) is 0 Å². The second-order valence-electron chi connectivity index (χ2n) is 6.04. The van der Waals surface area contributed by atoms with Gasteiger partial charge in [-0.1, -0.05) is 26.7 Å². The predicted octanol–water partition coefficient (Wildman–Crippen LogP) is 4.09. The van der Waals surface area contributed by atoms with Crippen LogP contribution in [0.1, 0.15) is 45.1 Å². The van der Waals surface area contributed by atoms with Crippen molar-refractivity contribution in [2.75, 3.05) is 5.32 Å². The molecule has 1 fully saturated rings. The Balaban J connectivity index is 2.22. The van der Waals surface area contributed by atoms with Crippen molar-refractivity contribution in [2.45, 2.75) is 45.6 Å². The number of nitro benzene ring substituents is 1. The molecule has 1 aliphatic carbocycles. The third-order valence-electron chi connectivity index (χ3n) is 4.35. The van der Waals surface area contributed by atoms with Crippen molar-refractivity contribution in [2.24, 2.45) is 11.8 Å². The molecule has 0 radical (unpaired) electrons. The van der Waals surface area contributed by atoms with Crippen LogP contribution in [0.15, 0.2) is 18.2 Å². The van der Waals surface area contributed by atoms with Gasteiger partial charge in [0.15, 0.2) is 0 Å². The van der Waals surface area contributed by atoms with Gasteiger partial charge in [-0.05, 0) is 30.7 Å². The molecule has 1 aromatic carbocycles. The summed E-state index contributed by atoms with van der Waals surface area (Å²) in [6, 6.07) is 6.85. The lowest BCUT2D eigenvalue weighted by Gasteiger charge is -2.35. The van der Waals surface area contributed by atoms with Crippen LogP contribution in [0, 0.1) is 33.3 Å². The summed E-state index contributed by atoms with van der Waals surface area (Å²) in [4.78, 5) is 10.3. The molecule has 5 nitrogen and oxygen atoms in total. The van der Waals surface area contributed by atoms with Gasteiger partial charge in [0.2, 0.25) is 0 Å². The molecule has 1 aromatic rings. The zero-order valence-corrected chi connectivity index (χ0v) is 12.5. The quantitative estimate of drug-likeness (QED) is 0.668. The van der Waals surface area contributed by atoms with Gasteiger partial charge in [0, 0.05) is 18.2 Å². The maximum atomic E-state index is 10.8. The third kappa shape index (κ3) is 3.52. The van der Waals surface area contributed by atoms with Gasteiger partial charge in [-0.15, -0.1) is 0 Å². The van der Waals surface area contributed by atoms with Gasteiger partial charge in [-0.3, -0.25) is 10.1 Å². The second kappa shape index (κ2) is 6.57. The number of benzene rings is 1. The molecule has 1 aliphatic rings. The molecule has 112 valence electrons. The lowest BCUT2D eigenvalue weighted by molar-refractivity contribution is -0.384. The van der Waals surface area contributed by atoms with E-state index in [9.17, 15) is 15.4 Å². The molecule has 2 atom stereocenters. The van der Waals surface area contributed by atoms with Gasteiger partial charge in [0.25, 0.3) is 5.69 Å². The lowest BCUT2D eigenvalue weighted by Crippen LogP contribution is -2.35. The Morgan fingerprint density at radius 1 is 1.38 bits per heavy atom. The second-order valence-corrected chi connectivity index (χ2v) is 6.04. The van der Waals surface area contributed by atoms with Gasteiger partial charge >= 0.3 is 0 Å². The van der Waals surface area contributed by atoms with Gasteiger partial charge in [0.05, 0.1) is 16.2 Å². The average Bonchev–Trinajstić information content (AvgIpc) is 2.47. The first-order valence-electron chi connectivity index (χ1n) is 7.48. The summed E-state index contributed by atoms with van der Waals surface area (Å²) in [6.45, 7) is 4.46. The van der Waals surface area contributed by atoms with E-state index in [1.807, 2.05) is 0 Å². The molecule has 1 saturated carbocycles. The van der Waals surface area contributed by atoms with Crippen LogP contribution >= 0.6 is 0 Å². The van der Waals surface area contributed by atoms with Crippen molar-refractivity contribution < 1.29 is 4.92 Å². The van der Waals surface area contributed by atoms with Crippen LogP contribution in [-0.2, 0) is 0 Å². The number of nitriles is 1. The Bertz CT molecular complexity index is 563. The summed E-state index contributed by atoms with van der Waals surface area (Å²) in [7, 11) is 0. The van der Waals surface area contributed by atoms with Gasteiger partial charge < -0.3 is 5.32 Å². The number of nitrogens with zero attached hydrogens (tertiary/aromatic N) is 2. The highest BCUT2D eigenvalue weighted by atomic mass is 16.6. The maximum Gasteiger partial charge on any atom is 0.270 e. The van der Waals surface area contributed by atoms with E-state index in [2.05, 4.69) is 25.2 Å². The minimum atomic E-state index is -0.470. The summed E-state index contributed by atoms with van der Waals surface area (Å²) in [5.74, 6) is 1.17. The van der Waals surface area contributed by atoms with Crippen molar-refractivity contribution >= 4 is 11.4 Å². The topological polar surface area (TPSA) is 79.0 Å². The molecule has 0 spiro atoms. The lowest BCUT2D eigenvalue weighted by atomic mass is 9.77. The summed E-state index contributed by atoms with van der Waals surface area (Å²) >= 11 is 0. The standard InChI is InChI=1S/C16H21N3O2/c1-11(2)14-5-3-4-6-16(14)18-15-8-7-13(19(20)21)9-12(15)10-17/h7-9,11,14,16,18H,3-6H2,1-2H3. The fraction of sp³-hybridized carbons (Fsp3) is 0.562. The van der Waals surface area contributed by atoms with Crippen molar-refractivity contribution in [3.63, 3.8) is 0 Å². The third-order valence-corrected chi connectivity index (χ3v) is 4.35. The number of hydrogen-bond acceptors (Lipinski definition) is 4. The van der Waals surface area contributed by atoms with E-state index in [-0.39, 0.29) is 5.69 Å². The zero-order chi connectivity index (χ0) is 15.4. The Morgan fingerprint density at radius 2 is 2.10 bits per heavy atom. The number of nitrogens with one attached hydrogen (secondary N) is 1. The van der Waals surface area contributed by atoms with Crippen LogP contribution in [0.25, 0.3) is 0 Å². The molecular weight excluding hydrogens is 266 g/mol. The van der Waals surface area contributed by atoms with Crippen LogP contribution in [0.5, 0.6) is 0 Å². The molecule has 0 bridgehead atoms. The van der Waals surface area contributed by atoms with Crippen LogP contribution in [0.3, 0.4) is 0 Å². The van der Waals surface area contributed by atoms with Crippen LogP contribution in [-0.4, -0.2) is 11.0 Å². The van der Waals surface area contributed by atoms with E-state index >= 15 is 0 Å². The van der Waals surface area contributed by atoms with E-state index < -0.39 is 4.92 Å². The fourth-order valence-electron chi connectivity index (χ4n) is 3.20. The number of nitro groups is 1. The van der Waals surface area contributed by atoms with Crippen LogP contribution in [0.2, 0.25) is 0 Å². The van der Waals surface area contributed by atoms with Gasteiger partial charge in [-0.25, -0.2) is 0 Å². The Kier molecular flexibility index (Phi) is 4.79. The highest BCUT2D eigenvalue weighted by Gasteiger charge is 2.28. The molecule has 1 N–H and O–H groups in total. The highest BCUT2D eigenvalue weighted by Crippen LogP contribution is 2.33.